The van der Waals surface area contributed by atoms with Gasteiger partial charge in [-0.3, -0.25) is 4.90 Å². The average Bonchev–Trinajstić information content (AvgIpc) is 3.62. The molecule has 0 amide bonds. The Morgan fingerprint density at radius 3 is 2.46 bits per heavy atom. The van der Waals surface area contributed by atoms with E-state index in [0.29, 0.717) is 6.04 Å². The van der Waals surface area contributed by atoms with Crippen LogP contribution in [0.4, 0.5) is 5.13 Å². The van der Waals surface area contributed by atoms with Gasteiger partial charge in [0.25, 0.3) is 0 Å². The fourth-order valence-corrected chi connectivity index (χ4v) is 6.70. The Morgan fingerprint density at radius 1 is 0.919 bits per heavy atom. The third kappa shape index (κ3) is 4.75. The second-order valence-electron chi connectivity index (χ2n) is 9.78. The topological polar surface area (TPSA) is 81.4 Å². The van der Waals surface area contributed by atoms with Crippen molar-refractivity contribution >= 4 is 26.7 Å². The Labute approximate surface area is 221 Å². The largest absolute Gasteiger partial charge is 0.493 e. The number of fused-ring (bicyclic) bond motifs is 1. The summed E-state index contributed by atoms with van der Waals surface area (Å²) in [5, 5.41) is 14.4. The number of hydrogen-bond acceptors (Lipinski definition) is 9. The SMILES string of the molecule is COc1ccc(C(c2nnnn2C2CCCCC2)N2CCN(c3nc4ccccc4s3)CC2)cc1OC. The zero-order valence-electron chi connectivity index (χ0n) is 21.4. The molecule has 1 unspecified atom stereocenters. The highest BCUT2D eigenvalue weighted by Crippen LogP contribution is 2.38. The molecule has 0 spiro atoms. The summed E-state index contributed by atoms with van der Waals surface area (Å²) < 4.78 is 14.5. The van der Waals surface area contributed by atoms with Gasteiger partial charge in [0.05, 0.1) is 36.5 Å². The zero-order valence-corrected chi connectivity index (χ0v) is 22.2. The van der Waals surface area contributed by atoms with Crippen LogP contribution in [0, 0.1) is 0 Å². The van der Waals surface area contributed by atoms with E-state index in [1.54, 1.807) is 25.6 Å². The van der Waals surface area contributed by atoms with Gasteiger partial charge < -0.3 is 14.4 Å². The van der Waals surface area contributed by atoms with Crippen LogP contribution in [0.25, 0.3) is 10.2 Å². The third-order valence-corrected chi connectivity index (χ3v) is 8.74. The van der Waals surface area contributed by atoms with Gasteiger partial charge in [-0.05, 0) is 53.1 Å². The number of methoxy groups -OCH3 is 2. The van der Waals surface area contributed by atoms with Crippen LogP contribution >= 0.6 is 11.3 Å². The molecule has 2 fully saturated rings. The van der Waals surface area contributed by atoms with Gasteiger partial charge in [-0.25, -0.2) is 9.67 Å². The van der Waals surface area contributed by atoms with Crippen LogP contribution in [0.15, 0.2) is 42.5 Å². The highest BCUT2D eigenvalue weighted by Gasteiger charge is 2.33. The van der Waals surface area contributed by atoms with Crippen molar-refractivity contribution in [3.05, 3.63) is 53.9 Å². The molecular weight excluding hydrogens is 486 g/mol. The van der Waals surface area contributed by atoms with Crippen LogP contribution in [0.5, 0.6) is 11.5 Å². The number of ether oxygens (including phenoxy) is 2. The van der Waals surface area contributed by atoms with E-state index >= 15 is 0 Å². The number of tetrazole rings is 1. The first-order valence-electron chi connectivity index (χ1n) is 13.1. The standard InChI is InChI=1S/C27H33N7O2S/c1-35-22-13-12-19(18-23(22)36-2)25(26-29-30-31-34(26)20-8-4-3-5-9-20)32-14-16-33(17-15-32)27-28-21-10-6-7-11-24(21)37-27/h6-7,10-13,18,20,25H,3-5,8-9,14-17H2,1-2H3. The van der Waals surface area contributed by atoms with Gasteiger partial charge in [0.1, 0.15) is 0 Å². The quantitative estimate of drug-likeness (QED) is 0.347. The lowest BCUT2D eigenvalue weighted by Crippen LogP contribution is -2.48. The van der Waals surface area contributed by atoms with E-state index in [4.69, 9.17) is 14.5 Å². The molecule has 6 rings (SSSR count). The van der Waals surface area contributed by atoms with Crippen LogP contribution in [-0.2, 0) is 0 Å². The fraction of sp³-hybridized carbons (Fsp3) is 0.481. The molecule has 2 aliphatic rings. The van der Waals surface area contributed by atoms with Gasteiger partial charge in [0.2, 0.25) is 0 Å². The van der Waals surface area contributed by atoms with Crippen molar-refractivity contribution in [3.63, 3.8) is 0 Å². The molecule has 194 valence electrons. The smallest absolute Gasteiger partial charge is 0.186 e. The molecule has 1 aliphatic heterocycles. The molecule has 1 saturated heterocycles. The lowest BCUT2D eigenvalue weighted by molar-refractivity contribution is 0.193. The molecule has 1 saturated carbocycles. The first kappa shape index (κ1) is 24.1. The van der Waals surface area contributed by atoms with Crippen LogP contribution < -0.4 is 14.4 Å². The van der Waals surface area contributed by atoms with E-state index in [1.807, 2.05) is 12.1 Å². The average molecular weight is 520 g/mol. The van der Waals surface area contributed by atoms with Crippen LogP contribution in [0.3, 0.4) is 0 Å². The maximum absolute atomic E-state index is 5.66. The molecule has 10 heteroatoms. The fourth-order valence-electron chi connectivity index (χ4n) is 5.68. The van der Waals surface area contributed by atoms with Gasteiger partial charge in [-0.2, -0.15) is 0 Å². The van der Waals surface area contributed by atoms with Crippen LogP contribution in [-0.4, -0.2) is 70.5 Å². The summed E-state index contributed by atoms with van der Waals surface area (Å²) in [5.41, 5.74) is 2.18. The Kier molecular flexibility index (Phi) is 6.93. The molecule has 37 heavy (non-hydrogen) atoms. The zero-order chi connectivity index (χ0) is 25.2. The van der Waals surface area contributed by atoms with E-state index in [2.05, 4.69) is 60.3 Å². The van der Waals surface area contributed by atoms with Crippen molar-refractivity contribution in [3.8, 4) is 11.5 Å². The molecule has 1 atom stereocenters. The first-order chi connectivity index (χ1) is 18.2. The molecule has 4 aromatic rings. The first-order valence-corrected chi connectivity index (χ1v) is 13.9. The predicted octanol–water partition coefficient (Wildman–Crippen LogP) is 4.72. The van der Waals surface area contributed by atoms with Crippen molar-refractivity contribution in [2.75, 3.05) is 45.3 Å². The molecule has 2 aromatic heterocycles. The second kappa shape index (κ2) is 10.6. The molecule has 2 aromatic carbocycles. The van der Waals surface area contributed by atoms with Crippen molar-refractivity contribution in [2.45, 2.75) is 44.2 Å². The number of rotatable bonds is 7. The van der Waals surface area contributed by atoms with Crippen molar-refractivity contribution in [1.82, 2.24) is 30.1 Å². The number of anilines is 1. The van der Waals surface area contributed by atoms with E-state index < -0.39 is 0 Å². The van der Waals surface area contributed by atoms with Crippen LogP contribution in [0.2, 0.25) is 0 Å². The molecule has 3 heterocycles. The van der Waals surface area contributed by atoms with Gasteiger partial charge in [0.15, 0.2) is 22.5 Å². The number of thiazole rings is 1. The van der Waals surface area contributed by atoms with Crippen molar-refractivity contribution in [2.24, 2.45) is 0 Å². The summed E-state index contributed by atoms with van der Waals surface area (Å²) in [6.07, 6.45) is 6.00. The molecule has 1 aliphatic carbocycles. The number of benzene rings is 2. The Bertz CT molecular complexity index is 1310. The Morgan fingerprint density at radius 2 is 1.70 bits per heavy atom. The normalized spacial score (nSPS) is 18.3. The highest BCUT2D eigenvalue weighted by molar-refractivity contribution is 7.22. The lowest BCUT2D eigenvalue weighted by Gasteiger charge is -2.39. The van der Waals surface area contributed by atoms with Crippen molar-refractivity contribution in [1.29, 1.82) is 0 Å². The molecule has 9 nitrogen and oxygen atoms in total. The van der Waals surface area contributed by atoms with E-state index in [0.717, 1.165) is 72.6 Å². The number of hydrogen-bond donors (Lipinski definition) is 0. The monoisotopic (exact) mass is 519 g/mol. The number of nitrogens with zero attached hydrogens (tertiary/aromatic N) is 7. The molecule has 0 bridgehead atoms. The predicted molar refractivity (Wildman–Crippen MR) is 145 cm³/mol. The van der Waals surface area contributed by atoms with Gasteiger partial charge >= 0.3 is 0 Å². The molecule has 0 radical (unpaired) electrons. The maximum Gasteiger partial charge on any atom is 0.186 e. The Balaban J connectivity index is 1.31. The number of aromatic nitrogens is 5. The van der Waals surface area contributed by atoms with Gasteiger partial charge in [0, 0.05) is 26.2 Å². The maximum atomic E-state index is 5.66. The number of para-hydroxylation sites is 1. The summed E-state index contributed by atoms with van der Waals surface area (Å²) in [4.78, 5) is 9.79. The highest BCUT2D eigenvalue weighted by atomic mass is 32.1. The Hall–Kier alpha value is -3.24. The van der Waals surface area contributed by atoms with E-state index in [9.17, 15) is 0 Å². The van der Waals surface area contributed by atoms with E-state index in [1.165, 1.54) is 24.0 Å². The van der Waals surface area contributed by atoms with Crippen LogP contribution in [0.1, 0.15) is 55.6 Å². The lowest BCUT2D eigenvalue weighted by atomic mass is 9.95. The minimum Gasteiger partial charge on any atom is -0.493 e. The van der Waals surface area contributed by atoms with Crippen molar-refractivity contribution < 1.29 is 9.47 Å². The number of piperazine rings is 1. The summed E-state index contributed by atoms with van der Waals surface area (Å²) in [7, 11) is 3.35. The third-order valence-electron chi connectivity index (χ3n) is 7.64. The summed E-state index contributed by atoms with van der Waals surface area (Å²) in [6, 6.07) is 14.8. The van der Waals surface area contributed by atoms with E-state index in [-0.39, 0.29) is 6.04 Å². The molecule has 0 N–H and O–H groups in total. The molecular formula is C27H33N7O2S. The van der Waals surface area contributed by atoms with Gasteiger partial charge in [-0.15, -0.1) is 5.10 Å². The summed E-state index contributed by atoms with van der Waals surface area (Å²) >= 11 is 1.77. The second-order valence-corrected chi connectivity index (χ2v) is 10.8. The minimum atomic E-state index is -0.0748. The summed E-state index contributed by atoms with van der Waals surface area (Å²) in [5.74, 6) is 2.35. The van der Waals surface area contributed by atoms with Gasteiger partial charge in [-0.1, -0.05) is 48.8 Å². The minimum absolute atomic E-state index is 0.0748. The summed E-state index contributed by atoms with van der Waals surface area (Å²) in [6.45, 7) is 3.56.